The summed E-state index contributed by atoms with van der Waals surface area (Å²) in [5.41, 5.74) is 0. The first-order chi connectivity index (χ1) is 4.37. The number of hydrogen-bond acceptors (Lipinski definition) is 2. The molecule has 0 radical (unpaired) electrons. The molecule has 1 aliphatic rings. The highest BCUT2D eigenvalue weighted by Gasteiger charge is 2.69. The third-order valence-electron chi connectivity index (χ3n) is 1.18. The minimum Gasteiger partial charge on any atom is -0.440 e. The highest BCUT2D eigenvalue weighted by atomic mass is 35.5. The van der Waals surface area contributed by atoms with Crippen LogP contribution in [0, 0.1) is 0 Å². The van der Waals surface area contributed by atoms with Crippen LogP contribution in [0.15, 0.2) is 0 Å². The van der Waals surface area contributed by atoms with E-state index in [-0.39, 0.29) is 6.42 Å². The molecule has 0 heterocycles. The van der Waals surface area contributed by atoms with Gasteiger partial charge in [0.05, 0.1) is 0 Å². The molecule has 0 aromatic heterocycles. The van der Waals surface area contributed by atoms with Gasteiger partial charge in [0, 0.05) is 13.3 Å². The third kappa shape index (κ3) is 1.34. The van der Waals surface area contributed by atoms with Crippen LogP contribution in [0.1, 0.15) is 13.3 Å². The van der Waals surface area contributed by atoms with Gasteiger partial charge in [0.2, 0.25) is 5.06 Å². The fourth-order valence-electron chi connectivity index (χ4n) is 0.580. The largest absolute Gasteiger partial charge is 0.440 e. The average Bonchev–Trinajstić information content (AvgIpc) is 2.01. The van der Waals surface area contributed by atoms with Crippen molar-refractivity contribution in [1.82, 2.24) is 0 Å². The minimum atomic E-state index is -1.18. The maximum absolute atomic E-state index is 10.4. The number of esters is 1. The van der Waals surface area contributed by atoms with Crippen LogP contribution < -0.4 is 0 Å². The Hall–Kier alpha value is 0.340. The van der Waals surface area contributed by atoms with Gasteiger partial charge in [-0.3, -0.25) is 4.79 Å². The van der Waals surface area contributed by atoms with Gasteiger partial charge in [-0.25, -0.2) is 0 Å². The van der Waals surface area contributed by atoms with Crippen molar-refractivity contribution in [1.29, 1.82) is 0 Å². The average molecular weight is 203 g/mol. The molecule has 1 aliphatic carbocycles. The Morgan fingerprint density at radius 3 is 2.00 bits per heavy atom. The first-order valence-electron chi connectivity index (χ1n) is 2.64. The molecule has 5 heteroatoms. The highest BCUT2D eigenvalue weighted by Crippen LogP contribution is 2.61. The molecule has 2 nitrogen and oxygen atoms in total. The summed E-state index contributed by atoms with van der Waals surface area (Å²) in [5.74, 6) is -0.474. The molecule has 0 spiro atoms. The van der Waals surface area contributed by atoms with E-state index in [0.717, 1.165) is 0 Å². The van der Waals surface area contributed by atoms with E-state index in [4.69, 9.17) is 34.8 Å². The topological polar surface area (TPSA) is 26.3 Å². The summed E-state index contributed by atoms with van der Waals surface area (Å²) < 4.78 is 3.53. The van der Waals surface area contributed by atoms with Crippen LogP contribution in [0.4, 0.5) is 0 Å². The molecule has 10 heavy (non-hydrogen) atoms. The lowest BCUT2D eigenvalue weighted by Gasteiger charge is -2.08. The number of hydrogen-bond donors (Lipinski definition) is 0. The first-order valence-corrected chi connectivity index (χ1v) is 3.77. The lowest BCUT2D eigenvalue weighted by atomic mass is 10.7. The number of ether oxygens (including phenoxy) is 1. The smallest absolute Gasteiger partial charge is 0.304 e. The molecule has 1 rings (SSSR count). The molecule has 0 aromatic carbocycles. The Balaban J connectivity index is 2.52. The van der Waals surface area contributed by atoms with Crippen LogP contribution >= 0.6 is 34.8 Å². The molecule has 1 atom stereocenters. The predicted octanol–water partition coefficient (Wildman–Crippen LogP) is 2.06. The van der Waals surface area contributed by atoms with E-state index in [1.165, 1.54) is 6.92 Å². The zero-order valence-corrected chi connectivity index (χ0v) is 7.43. The van der Waals surface area contributed by atoms with Crippen molar-refractivity contribution in [3.63, 3.8) is 0 Å². The van der Waals surface area contributed by atoms with Crippen molar-refractivity contribution in [2.24, 2.45) is 0 Å². The molecule has 0 amide bonds. The van der Waals surface area contributed by atoms with E-state index in [1.54, 1.807) is 0 Å². The molecule has 0 N–H and O–H groups in total. The Labute approximate surface area is 73.4 Å². The molecule has 1 unspecified atom stereocenters. The maximum atomic E-state index is 10.4. The maximum Gasteiger partial charge on any atom is 0.304 e. The van der Waals surface area contributed by atoms with Crippen LogP contribution in [0.5, 0.6) is 0 Å². The third-order valence-corrected chi connectivity index (χ3v) is 2.78. The van der Waals surface area contributed by atoms with Gasteiger partial charge in [-0.1, -0.05) is 34.8 Å². The Morgan fingerprint density at radius 2 is 1.90 bits per heavy atom. The van der Waals surface area contributed by atoms with Crippen LogP contribution in [-0.4, -0.2) is 15.4 Å². The molecule has 1 fully saturated rings. The van der Waals surface area contributed by atoms with Crippen molar-refractivity contribution in [2.45, 2.75) is 22.7 Å². The lowest BCUT2D eigenvalue weighted by Crippen LogP contribution is -2.16. The van der Waals surface area contributed by atoms with Crippen LogP contribution in [0.25, 0.3) is 0 Å². The van der Waals surface area contributed by atoms with Gasteiger partial charge in [0.1, 0.15) is 0 Å². The quantitative estimate of drug-likeness (QED) is 0.482. The molecule has 1 saturated carbocycles. The zero-order valence-electron chi connectivity index (χ0n) is 5.16. The van der Waals surface area contributed by atoms with E-state index >= 15 is 0 Å². The van der Waals surface area contributed by atoms with Gasteiger partial charge < -0.3 is 4.74 Å². The van der Waals surface area contributed by atoms with Crippen LogP contribution in [0.2, 0.25) is 0 Å². The Kier molecular flexibility index (Phi) is 1.82. The molecule has 0 saturated heterocycles. The van der Waals surface area contributed by atoms with Crippen molar-refractivity contribution < 1.29 is 9.53 Å². The van der Waals surface area contributed by atoms with Gasteiger partial charge in [0.15, 0.2) is 4.33 Å². The fraction of sp³-hybridized carbons (Fsp3) is 0.800. The second-order valence-electron chi connectivity index (χ2n) is 2.20. The van der Waals surface area contributed by atoms with E-state index in [1.807, 2.05) is 0 Å². The number of carbonyl (C=O) groups is 1. The van der Waals surface area contributed by atoms with Crippen molar-refractivity contribution in [3.05, 3.63) is 0 Å². The number of alkyl halides is 3. The second-order valence-corrected chi connectivity index (χ2v) is 4.30. The summed E-state index contributed by atoms with van der Waals surface area (Å²) in [4.78, 5) is 10.4. The molecule has 0 bridgehead atoms. The predicted molar refractivity (Wildman–Crippen MR) is 39.4 cm³/mol. The lowest BCUT2D eigenvalue weighted by molar-refractivity contribution is -0.144. The molecule has 0 aromatic rings. The standard InChI is InChI=1S/C5H5Cl3O2/c1-3(9)10-5(8)2-4(5,6)7/h2H2,1H3. The van der Waals surface area contributed by atoms with Gasteiger partial charge in [0.25, 0.3) is 0 Å². The van der Waals surface area contributed by atoms with Gasteiger partial charge in [-0.15, -0.1) is 0 Å². The molecular formula is C5H5Cl3O2. The fourth-order valence-corrected chi connectivity index (χ4v) is 1.48. The zero-order chi connectivity index (χ0) is 7.99. The van der Waals surface area contributed by atoms with E-state index in [2.05, 4.69) is 4.74 Å². The van der Waals surface area contributed by atoms with E-state index < -0.39 is 15.4 Å². The number of halogens is 3. The van der Waals surface area contributed by atoms with Crippen molar-refractivity contribution in [2.75, 3.05) is 0 Å². The van der Waals surface area contributed by atoms with Crippen molar-refractivity contribution in [3.8, 4) is 0 Å². The highest BCUT2D eigenvalue weighted by molar-refractivity contribution is 6.57. The minimum absolute atomic E-state index is 0.282. The summed E-state index contributed by atoms with van der Waals surface area (Å²) >= 11 is 16.7. The molecule has 0 aliphatic heterocycles. The first kappa shape index (κ1) is 8.44. The van der Waals surface area contributed by atoms with E-state index in [0.29, 0.717) is 0 Å². The second kappa shape index (κ2) is 2.16. The SMILES string of the molecule is CC(=O)OC1(Cl)CC1(Cl)Cl. The van der Waals surface area contributed by atoms with Crippen LogP contribution in [-0.2, 0) is 9.53 Å². The van der Waals surface area contributed by atoms with E-state index in [9.17, 15) is 4.79 Å². The number of rotatable bonds is 1. The van der Waals surface area contributed by atoms with Gasteiger partial charge in [-0.05, 0) is 0 Å². The Bertz CT molecular complexity index is 180. The summed E-state index contributed by atoms with van der Waals surface area (Å²) in [7, 11) is 0. The summed E-state index contributed by atoms with van der Waals surface area (Å²) in [6, 6.07) is 0. The number of carbonyl (C=O) groups excluding carboxylic acids is 1. The Morgan fingerprint density at radius 1 is 1.50 bits per heavy atom. The summed E-state index contributed by atoms with van der Waals surface area (Å²) in [6.45, 7) is 1.26. The van der Waals surface area contributed by atoms with Crippen LogP contribution in [0.3, 0.4) is 0 Å². The van der Waals surface area contributed by atoms with Gasteiger partial charge in [-0.2, -0.15) is 0 Å². The monoisotopic (exact) mass is 202 g/mol. The summed E-state index contributed by atoms with van der Waals surface area (Å²) in [5, 5.41) is -1.18. The summed E-state index contributed by atoms with van der Waals surface area (Å²) in [6.07, 6.45) is 0.282. The van der Waals surface area contributed by atoms with Gasteiger partial charge >= 0.3 is 5.97 Å². The normalized spacial score (nSPS) is 35.2. The van der Waals surface area contributed by atoms with Crippen molar-refractivity contribution >= 4 is 40.8 Å². The molecular weight excluding hydrogens is 198 g/mol. The molecule has 58 valence electrons.